The van der Waals surface area contributed by atoms with Gasteiger partial charge in [0.15, 0.2) is 0 Å². The average Bonchev–Trinajstić information content (AvgIpc) is 2.77. The summed E-state index contributed by atoms with van der Waals surface area (Å²) in [5, 5.41) is 3.54. The Balaban J connectivity index is 2.10. The number of hydrogen-bond donors (Lipinski definition) is 1. The first-order chi connectivity index (χ1) is 8.65. The second-order valence-corrected chi connectivity index (χ2v) is 6.37. The van der Waals surface area contributed by atoms with E-state index in [9.17, 15) is 0 Å². The van der Waals surface area contributed by atoms with Crippen molar-refractivity contribution in [1.29, 1.82) is 0 Å². The van der Waals surface area contributed by atoms with Crippen LogP contribution in [0.4, 0.5) is 0 Å². The van der Waals surface area contributed by atoms with E-state index >= 15 is 0 Å². The molecule has 0 bridgehead atoms. The Morgan fingerprint density at radius 2 is 2.06 bits per heavy atom. The zero-order valence-corrected chi connectivity index (χ0v) is 12.0. The normalized spacial score (nSPS) is 18.7. The van der Waals surface area contributed by atoms with Crippen molar-refractivity contribution in [3.8, 4) is 10.4 Å². The van der Waals surface area contributed by atoms with Crippen LogP contribution in [0.1, 0.15) is 34.5 Å². The summed E-state index contributed by atoms with van der Waals surface area (Å²) in [6.45, 7) is 7.74. The SMILES string of the molecule is Cc1ccc(C)c(-c2cc3c(s2)CCNC3C)c1. The van der Waals surface area contributed by atoms with E-state index in [0.717, 1.165) is 6.54 Å². The number of rotatable bonds is 1. The molecular weight excluding hydrogens is 238 g/mol. The maximum Gasteiger partial charge on any atom is 0.0351 e. The molecule has 1 unspecified atom stereocenters. The Bertz CT molecular complexity index is 583. The molecule has 0 amide bonds. The predicted molar refractivity (Wildman–Crippen MR) is 79.4 cm³/mol. The van der Waals surface area contributed by atoms with Crippen LogP contribution in [0.15, 0.2) is 24.3 Å². The van der Waals surface area contributed by atoms with Gasteiger partial charge in [0.25, 0.3) is 0 Å². The summed E-state index contributed by atoms with van der Waals surface area (Å²) in [5.41, 5.74) is 5.62. The molecule has 3 rings (SSSR count). The monoisotopic (exact) mass is 257 g/mol. The zero-order valence-electron chi connectivity index (χ0n) is 11.2. The molecule has 1 atom stereocenters. The third-order valence-corrected chi connectivity index (χ3v) is 5.01. The Morgan fingerprint density at radius 1 is 1.22 bits per heavy atom. The van der Waals surface area contributed by atoms with E-state index in [-0.39, 0.29) is 0 Å². The lowest BCUT2D eigenvalue weighted by atomic mass is 10.0. The van der Waals surface area contributed by atoms with Gasteiger partial charge in [0.05, 0.1) is 0 Å². The van der Waals surface area contributed by atoms with Gasteiger partial charge < -0.3 is 5.32 Å². The molecule has 1 aliphatic rings. The van der Waals surface area contributed by atoms with Gasteiger partial charge in [0.1, 0.15) is 0 Å². The van der Waals surface area contributed by atoms with Crippen molar-refractivity contribution in [3.05, 3.63) is 45.8 Å². The summed E-state index contributed by atoms with van der Waals surface area (Å²) in [5.74, 6) is 0. The fourth-order valence-electron chi connectivity index (χ4n) is 2.65. The smallest absolute Gasteiger partial charge is 0.0351 e. The van der Waals surface area contributed by atoms with Gasteiger partial charge >= 0.3 is 0 Å². The molecule has 2 heterocycles. The van der Waals surface area contributed by atoms with Crippen LogP contribution in [0.3, 0.4) is 0 Å². The number of thiophene rings is 1. The van der Waals surface area contributed by atoms with Crippen LogP contribution < -0.4 is 5.32 Å². The first-order valence-electron chi connectivity index (χ1n) is 6.59. The van der Waals surface area contributed by atoms with E-state index in [2.05, 4.69) is 50.4 Å². The molecule has 0 saturated heterocycles. The highest BCUT2D eigenvalue weighted by atomic mass is 32.1. The molecule has 0 aliphatic carbocycles. The molecule has 18 heavy (non-hydrogen) atoms. The third-order valence-electron chi connectivity index (χ3n) is 3.77. The fourth-order valence-corrected chi connectivity index (χ4v) is 3.99. The highest BCUT2D eigenvalue weighted by Gasteiger charge is 2.19. The van der Waals surface area contributed by atoms with Crippen molar-refractivity contribution >= 4 is 11.3 Å². The van der Waals surface area contributed by atoms with Crippen LogP contribution in [0.5, 0.6) is 0 Å². The van der Waals surface area contributed by atoms with E-state index in [1.54, 1.807) is 4.88 Å². The average molecular weight is 257 g/mol. The molecule has 1 nitrogen and oxygen atoms in total. The molecule has 0 fully saturated rings. The quantitative estimate of drug-likeness (QED) is 0.806. The Kier molecular flexibility index (Phi) is 3.00. The summed E-state index contributed by atoms with van der Waals surface area (Å²) in [6.07, 6.45) is 1.18. The van der Waals surface area contributed by atoms with Gasteiger partial charge in [-0.2, -0.15) is 0 Å². The summed E-state index contributed by atoms with van der Waals surface area (Å²) in [7, 11) is 0. The van der Waals surface area contributed by atoms with Gasteiger partial charge in [0.2, 0.25) is 0 Å². The van der Waals surface area contributed by atoms with E-state index in [1.165, 1.54) is 33.6 Å². The van der Waals surface area contributed by atoms with Crippen molar-refractivity contribution < 1.29 is 0 Å². The van der Waals surface area contributed by atoms with Gasteiger partial charge in [0, 0.05) is 22.3 Å². The standard InChI is InChI=1S/C16H19NS/c1-10-4-5-11(2)13(8-10)16-9-14-12(3)17-7-6-15(14)18-16/h4-5,8-9,12,17H,6-7H2,1-3H3. The summed E-state index contributed by atoms with van der Waals surface area (Å²) in [4.78, 5) is 2.99. The summed E-state index contributed by atoms with van der Waals surface area (Å²) >= 11 is 1.98. The molecule has 1 N–H and O–H groups in total. The highest BCUT2D eigenvalue weighted by Crippen LogP contribution is 2.37. The van der Waals surface area contributed by atoms with Gasteiger partial charge in [-0.1, -0.05) is 23.8 Å². The van der Waals surface area contributed by atoms with Crippen LogP contribution in [-0.4, -0.2) is 6.54 Å². The Hall–Kier alpha value is -1.12. The van der Waals surface area contributed by atoms with Crippen LogP contribution in [0.2, 0.25) is 0 Å². The molecule has 0 radical (unpaired) electrons. The number of benzene rings is 1. The first-order valence-corrected chi connectivity index (χ1v) is 7.40. The zero-order chi connectivity index (χ0) is 12.7. The van der Waals surface area contributed by atoms with E-state index in [0.29, 0.717) is 6.04 Å². The fraction of sp³-hybridized carbons (Fsp3) is 0.375. The minimum absolute atomic E-state index is 0.504. The second-order valence-electron chi connectivity index (χ2n) is 5.23. The van der Waals surface area contributed by atoms with Crippen LogP contribution >= 0.6 is 11.3 Å². The summed E-state index contributed by atoms with van der Waals surface area (Å²) < 4.78 is 0. The molecule has 2 heteroatoms. The largest absolute Gasteiger partial charge is 0.310 e. The Morgan fingerprint density at radius 3 is 2.83 bits per heavy atom. The van der Waals surface area contributed by atoms with Crippen molar-refractivity contribution in [1.82, 2.24) is 5.32 Å². The number of hydrogen-bond acceptors (Lipinski definition) is 2. The lowest BCUT2D eigenvalue weighted by Crippen LogP contribution is -2.26. The van der Waals surface area contributed by atoms with Crippen molar-refractivity contribution in [2.24, 2.45) is 0 Å². The number of nitrogens with one attached hydrogen (secondary N) is 1. The maximum atomic E-state index is 3.54. The van der Waals surface area contributed by atoms with Crippen molar-refractivity contribution in [2.45, 2.75) is 33.2 Å². The Labute approximate surface area is 113 Å². The van der Waals surface area contributed by atoms with E-state index in [1.807, 2.05) is 11.3 Å². The molecular formula is C16H19NS. The van der Waals surface area contributed by atoms with Gasteiger partial charge in [-0.25, -0.2) is 0 Å². The van der Waals surface area contributed by atoms with Crippen molar-refractivity contribution in [2.75, 3.05) is 6.54 Å². The maximum absolute atomic E-state index is 3.54. The molecule has 1 aromatic carbocycles. The van der Waals surface area contributed by atoms with Crippen LogP contribution in [-0.2, 0) is 6.42 Å². The number of fused-ring (bicyclic) bond motifs is 1. The van der Waals surface area contributed by atoms with E-state index in [4.69, 9.17) is 0 Å². The van der Waals surface area contributed by atoms with Gasteiger partial charge in [-0.05, 0) is 49.9 Å². The predicted octanol–water partition coefficient (Wildman–Crippen LogP) is 4.24. The summed E-state index contributed by atoms with van der Waals surface area (Å²) in [6, 6.07) is 9.62. The molecule has 0 saturated carbocycles. The van der Waals surface area contributed by atoms with Gasteiger partial charge in [-0.15, -0.1) is 11.3 Å². The van der Waals surface area contributed by atoms with Crippen molar-refractivity contribution in [3.63, 3.8) is 0 Å². The second kappa shape index (κ2) is 4.52. The highest BCUT2D eigenvalue weighted by molar-refractivity contribution is 7.15. The molecule has 94 valence electrons. The molecule has 0 spiro atoms. The number of aryl methyl sites for hydroxylation is 2. The van der Waals surface area contributed by atoms with Crippen LogP contribution in [0, 0.1) is 13.8 Å². The third kappa shape index (κ3) is 2.00. The van der Waals surface area contributed by atoms with Crippen LogP contribution in [0.25, 0.3) is 10.4 Å². The molecule has 1 aliphatic heterocycles. The minimum atomic E-state index is 0.504. The lowest BCUT2D eigenvalue weighted by molar-refractivity contribution is 0.547. The topological polar surface area (TPSA) is 12.0 Å². The van der Waals surface area contributed by atoms with Gasteiger partial charge in [-0.3, -0.25) is 0 Å². The molecule has 2 aromatic rings. The molecule has 1 aromatic heterocycles. The lowest BCUT2D eigenvalue weighted by Gasteiger charge is -2.19. The van der Waals surface area contributed by atoms with E-state index < -0.39 is 0 Å². The minimum Gasteiger partial charge on any atom is -0.310 e. The first kappa shape index (κ1) is 11.9.